The molecule has 1 aromatic heterocycles. The number of benzene rings is 1. The Labute approximate surface area is 165 Å². The van der Waals surface area contributed by atoms with Gasteiger partial charge in [0.15, 0.2) is 0 Å². The summed E-state index contributed by atoms with van der Waals surface area (Å²) in [5, 5.41) is 4.47. The van der Waals surface area contributed by atoms with Crippen molar-refractivity contribution in [3.8, 4) is 5.69 Å². The van der Waals surface area contributed by atoms with E-state index in [0.717, 1.165) is 57.1 Å². The lowest BCUT2D eigenvalue weighted by Crippen LogP contribution is -3.14. The van der Waals surface area contributed by atoms with E-state index in [4.69, 9.17) is 9.47 Å². The number of rotatable bonds is 7. The first-order valence-electron chi connectivity index (χ1n) is 10.2. The third kappa shape index (κ3) is 4.60. The second-order valence-corrected chi connectivity index (χ2v) is 7.44. The van der Waals surface area contributed by atoms with Crippen molar-refractivity contribution in [1.29, 1.82) is 0 Å². The highest BCUT2D eigenvalue weighted by molar-refractivity contribution is 5.81. The van der Waals surface area contributed by atoms with Gasteiger partial charge in [0.05, 0.1) is 44.2 Å². The summed E-state index contributed by atoms with van der Waals surface area (Å²) < 4.78 is 13.0. The zero-order valence-electron chi connectivity index (χ0n) is 16.3. The van der Waals surface area contributed by atoms with Gasteiger partial charge in [0.1, 0.15) is 19.2 Å². The fraction of sp³-hybridized carbons (Fsp3) is 0.524. The highest BCUT2D eigenvalue weighted by atomic mass is 16.5. The molecular formula is C21H29N4O3+. The maximum Gasteiger partial charge on any atom is 0.252 e. The van der Waals surface area contributed by atoms with Crippen LogP contribution in [0.15, 0.2) is 42.6 Å². The Kier molecular flexibility index (Phi) is 6.36. The molecule has 0 saturated carbocycles. The van der Waals surface area contributed by atoms with Crippen molar-refractivity contribution in [2.45, 2.75) is 25.5 Å². The van der Waals surface area contributed by atoms with Gasteiger partial charge in [-0.3, -0.25) is 4.79 Å². The van der Waals surface area contributed by atoms with Crippen LogP contribution in [-0.2, 0) is 20.8 Å². The Morgan fingerprint density at radius 3 is 2.75 bits per heavy atom. The van der Waals surface area contributed by atoms with Crippen LogP contribution in [0.3, 0.4) is 0 Å². The van der Waals surface area contributed by atoms with E-state index in [2.05, 4.69) is 5.10 Å². The predicted molar refractivity (Wildman–Crippen MR) is 104 cm³/mol. The van der Waals surface area contributed by atoms with Crippen LogP contribution in [0.5, 0.6) is 0 Å². The molecule has 0 spiro atoms. The summed E-state index contributed by atoms with van der Waals surface area (Å²) in [5.41, 5.74) is 2.01. The van der Waals surface area contributed by atoms with Gasteiger partial charge >= 0.3 is 0 Å². The molecule has 28 heavy (non-hydrogen) atoms. The van der Waals surface area contributed by atoms with Gasteiger partial charge in [-0.25, -0.2) is 4.68 Å². The summed E-state index contributed by atoms with van der Waals surface area (Å²) in [6, 6.07) is 12.0. The second kappa shape index (κ2) is 9.32. The fourth-order valence-corrected chi connectivity index (χ4v) is 3.89. The number of para-hydroxylation sites is 1. The molecule has 1 atom stereocenters. The number of amides is 1. The molecule has 3 heterocycles. The van der Waals surface area contributed by atoms with Crippen LogP contribution in [-0.4, -0.2) is 72.7 Å². The van der Waals surface area contributed by atoms with Gasteiger partial charge in [0, 0.05) is 12.8 Å². The fourth-order valence-electron chi connectivity index (χ4n) is 3.89. The van der Waals surface area contributed by atoms with Crippen LogP contribution < -0.4 is 4.90 Å². The summed E-state index contributed by atoms with van der Waals surface area (Å²) in [6.45, 7) is 6.48. The number of quaternary nitrogens is 1. The monoisotopic (exact) mass is 385 g/mol. The second-order valence-electron chi connectivity index (χ2n) is 7.44. The Hall–Kier alpha value is -2.22. The lowest BCUT2D eigenvalue weighted by Gasteiger charge is -2.29. The molecule has 0 aliphatic carbocycles. The standard InChI is InChI=1S/C21H28N4O3/c26-21(20-7-4-14-28-20)24(11-10-23-12-15-27-16-13-23)17-19-8-9-22-25(19)18-5-2-1-3-6-18/h1-3,5-6,8-9,20H,4,7,10-17H2/p+1/t20-/m0/s1. The summed E-state index contributed by atoms with van der Waals surface area (Å²) in [6.07, 6.45) is 3.27. The molecule has 0 unspecified atom stereocenters. The van der Waals surface area contributed by atoms with E-state index < -0.39 is 0 Å². The third-order valence-corrected chi connectivity index (χ3v) is 5.53. The van der Waals surface area contributed by atoms with Crippen LogP contribution in [0.2, 0.25) is 0 Å². The van der Waals surface area contributed by atoms with Crippen LogP contribution in [0, 0.1) is 0 Å². The number of hydrogen-bond acceptors (Lipinski definition) is 4. The van der Waals surface area contributed by atoms with E-state index in [1.807, 2.05) is 46.0 Å². The van der Waals surface area contributed by atoms with Crippen LogP contribution in [0.1, 0.15) is 18.5 Å². The molecule has 4 rings (SSSR count). The Bertz CT molecular complexity index is 752. The number of carbonyl (C=O) groups is 1. The summed E-state index contributed by atoms with van der Waals surface area (Å²) in [7, 11) is 0. The van der Waals surface area contributed by atoms with E-state index in [1.165, 1.54) is 4.90 Å². The van der Waals surface area contributed by atoms with Crippen molar-refractivity contribution < 1.29 is 19.2 Å². The number of aromatic nitrogens is 2. The molecule has 2 aromatic rings. The topological polar surface area (TPSA) is 61.0 Å². The number of nitrogens with zero attached hydrogens (tertiary/aromatic N) is 3. The zero-order chi connectivity index (χ0) is 19.2. The molecular weight excluding hydrogens is 356 g/mol. The van der Waals surface area contributed by atoms with Crippen molar-refractivity contribution in [2.24, 2.45) is 0 Å². The molecule has 0 bridgehead atoms. The first-order valence-corrected chi connectivity index (χ1v) is 10.2. The van der Waals surface area contributed by atoms with Crippen molar-refractivity contribution in [3.05, 3.63) is 48.3 Å². The summed E-state index contributed by atoms with van der Waals surface area (Å²) in [5.74, 6) is 0.103. The van der Waals surface area contributed by atoms with Gasteiger partial charge in [0.2, 0.25) is 0 Å². The summed E-state index contributed by atoms with van der Waals surface area (Å²) in [4.78, 5) is 16.6. The van der Waals surface area contributed by atoms with Crippen molar-refractivity contribution in [1.82, 2.24) is 14.7 Å². The third-order valence-electron chi connectivity index (χ3n) is 5.53. The maximum absolute atomic E-state index is 13.1. The SMILES string of the molecule is O=C([C@@H]1CCCO1)N(CC[NH+]1CCOCC1)Cc1ccnn1-c1ccccc1. The highest BCUT2D eigenvalue weighted by Gasteiger charge is 2.30. The zero-order valence-corrected chi connectivity index (χ0v) is 16.3. The lowest BCUT2D eigenvalue weighted by atomic mass is 10.2. The number of carbonyl (C=O) groups excluding carboxylic acids is 1. The molecule has 150 valence electrons. The van der Waals surface area contributed by atoms with Crippen LogP contribution in [0.25, 0.3) is 5.69 Å². The first kappa shape index (κ1) is 19.1. The largest absolute Gasteiger partial charge is 0.370 e. The predicted octanol–water partition coefficient (Wildman–Crippen LogP) is 0.295. The van der Waals surface area contributed by atoms with E-state index in [1.54, 1.807) is 6.20 Å². The number of ether oxygens (including phenoxy) is 2. The minimum absolute atomic E-state index is 0.103. The van der Waals surface area contributed by atoms with Crippen molar-refractivity contribution in [2.75, 3.05) is 46.0 Å². The molecule has 1 amide bonds. The maximum atomic E-state index is 13.1. The van der Waals surface area contributed by atoms with Gasteiger partial charge in [-0.05, 0) is 31.0 Å². The quantitative estimate of drug-likeness (QED) is 0.745. The number of nitrogens with one attached hydrogen (secondary N) is 1. The number of hydrogen-bond donors (Lipinski definition) is 1. The number of morpholine rings is 1. The molecule has 1 aromatic carbocycles. The molecule has 0 radical (unpaired) electrons. The van der Waals surface area contributed by atoms with Crippen molar-refractivity contribution >= 4 is 5.91 Å². The Morgan fingerprint density at radius 2 is 2.00 bits per heavy atom. The van der Waals surface area contributed by atoms with Crippen LogP contribution in [0.4, 0.5) is 0 Å². The summed E-state index contributed by atoms with van der Waals surface area (Å²) >= 11 is 0. The minimum atomic E-state index is -0.298. The molecule has 2 saturated heterocycles. The molecule has 1 N–H and O–H groups in total. The first-order chi connectivity index (χ1) is 13.8. The average molecular weight is 385 g/mol. The van der Waals surface area contributed by atoms with Gasteiger partial charge < -0.3 is 19.3 Å². The molecule has 2 aliphatic heterocycles. The van der Waals surface area contributed by atoms with E-state index in [0.29, 0.717) is 19.7 Å². The van der Waals surface area contributed by atoms with Gasteiger partial charge in [-0.2, -0.15) is 5.10 Å². The van der Waals surface area contributed by atoms with Crippen molar-refractivity contribution in [3.63, 3.8) is 0 Å². The smallest absolute Gasteiger partial charge is 0.252 e. The van der Waals surface area contributed by atoms with Gasteiger partial charge in [-0.1, -0.05) is 18.2 Å². The van der Waals surface area contributed by atoms with Gasteiger partial charge in [-0.15, -0.1) is 0 Å². The highest BCUT2D eigenvalue weighted by Crippen LogP contribution is 2.17. The van der Waals surface area contributed by atoms with Gasteiger partial charge in [0.25, 0.3) is 5.91 Å². The normalized spacial score (nSPS) is 20.4. The van der Waals surface area contributed by atoms with E-state index >= 15 is 0 Å². The molecule has 7 heteroatoms. The van der Waals surface area contributed by atoms with Crippen LogP contribution >= 0.6 is 0 Å². The molecule has 7 nitrogen and oxygen atoms in total. The Balaban J connectivity index is 1.48. The Morgan fingerprint density at radius 1 is 1.18 bits per heavy atom. The lowest BCUT2D eigenvalue weighted by molar-refractivity contribution is -0.907. The average Bonchev–Trinajstić information content (AvgIpc) is 3.44. The van der Waals surface area contributed by atoms with E-state index in [-0.39, 0.29) is 12.0 Å². The minimum Gasteiger partial charge on any atom is -0.370 e. The molecule has 2 fully saturated rings. The molecule has 2 aliphatic rings. The van der Waals surface area contributed by atoms with E-state index in [9.17, 15) is 4.79 Å².